The van der Waals surface area contributed by atoms with Gasteiger partial charge in [0.25, 0.3) is 11.1 Å². The molecule has 1 aromatic heterocycles. The van der Waals surface area contributed by atoms with Crippen LogP contribution in [0, 0.1) is 5.92 Å². The highest BCUT2D eigenvalue weighted by Gasteiger charge is 2.08. The summed E-state index contributed by atoms with van der Waals surface area (Å²) in [6.45, 7) is 2.08. The standard InChI is InChI=1S/C12H14N2O3/c1-8(7-15)6-14-12(17)10-5-3-2-4-9(10)11(16)13-14/h2-5,8,15H,6-7H2,1H3,(H,13,16). The molecule has 5 heteroatoms. The van der Waals surface area contributed by atoms with Gasteiger partial charge in [0.15, 0.2) is 0 Å². The van der Waals surface area contributed by atoms with Crippen LogP contribution in [0.25, 0.3) is 10.8 Å². The number of aromatic nitrogens is 2. The largest absolute Gasteiger partial charge is 0.396 e. The highest BCUT2D eigenvalue weighted by atomic mass is 16.3. The SMILES string of the molecule is CC(CO)Cn1[nH]c(=O)c2ccccc2c1=O. The van der Waals surface area contributed by atoms with Gasteiger partial charge >= 0.3 is 0 Å². The van der Waals surface area contributed by atoms with Gasteiger partial charge in [-0.1, -0.05) is 19.1 Å². The fraction of sp³-hybridized carbons (Fsp3) is 0.333. The molecule has 5 nitrogen and oxygen atoms in total. The normalized spacial score (nSPS) is 12.8. The minimum atomic E-state index is -0.287. The second kappa shape index (κ2) is 4.55. The average Bonchev–Trinajstić information content (AvgIpc) is 2.35. The first kappa shape index (κ1) is 11.6. The van der Waals surface area contributed by atoms with E-state index in [1.807, 2.05) is 0 Å². The van der Waals surface area contributed by atoms with Crippen molar-refractivity contribution in [3.05, 3.63) is 45.0 Å². The lowest BCUT2D eigenvalue weighted by Crippen LogP contribution is -2.32. The first-order chi connectivity index (χ1) is 8.13. The van der Waals surface area contributed by atoms with Gasteiger partial charge < -0.3 is 5.11 Å². The van der Waals surface area contributed by atoms with Crippen molar-refractivity contribution >= 4 is 10.8 Å². The third-order valence-corrected chi connectivity index (χ3v) is 2.69. The Balaban J connectivity index is 2.63. The number of benzene rings is 1. The molecule has 2 rings (SSSR count). The number of hydrogen-bond donors (Lipinski definition) is 2. The maximum Gasteiger partial charge on any atom is 0.273 e. The summed E-state index contributed by atoms with van der Waals surface area (Å²) >= 11 is 0. The first-order valence-corrected chi connectivity index (χ1v) is 5.46. The van der Waals surface area contributed by atoms with Crippen LogP contribution in [0.15, 0.2) is 33.9 Å². The van der Waals surface area contributed by atoms with Gasteiger partial charge in [-0.05, 0) is 18.1 Å². The van der Waals surface area contributed by atoms with Gasteiger partial charge in [-0.2, -0.15) is 0 Å². The maximum atomic E-state index is 12.0. The molecule has 0 fully saturated rings. The zero-order valence-electron chi connectivity index (χ0n) is 9.51. The second-order valence-electron chi connectivity index (χ2n) is 4.19. The number of H-pyrrole nitrogens is 1. The molecule has 0 saturated carbocycles. The quantitative estimate of drug-likeness (QED) is 0.803. The van der Waals surface area contributed by atoms with Crippen molar-refractivity contribution in [1.82, 2.24) is 9.78 Å². The van der Waals surface area contributed by atoms with Crippen LogP contribution in [0.4, 0.5) is 0 Å². The number of rotatable bonds is 3. The van der Waals surface area contributed by atoms with Crippen LogP contribution in [0.2, 0.25) is 0 Å². The van der Waals surface area contributed by atoms with E-state index >= 15 is 0 Å². The summed E-state index contributed by atoms with van der Waals surface area (Å²) in [6.07, 6.45) is 0. The molecule has 0 aliphatic heterocycles. The van der Waals surface area contributed by atoms with E-state index in [9.17, 15) is 9.59 Å². The van der Waals surface area contributed by atoms with Gasteiger partial charge in [0.1, 0.15) is 0 Å². The van der Waals surface area contributed by atoms with Crippen LogP contribution < -0.4 is 11.1 Å². The number of hydrogen-bond acceptors (Lipinski definition) is 3. The van der Waals surface area contributed by atoms with Crippen LogP contribution in [-0.4, -0.2) is 21.5 Å². The van der Waals surface area contributed by atoms with Crippen LogP contribution in [0.1, 0.15) is 6.92 Å². The molecular weight excluding hydrogens is 220 g/mol. The minimum Gasteiger partial charge on any atom is -0.396 e. The lowest BCUT2D eigenvalue weighted by molar-refractivity contribution is 0.217. The zero-order valence-corrected chi connectivity index (χ0v) is 9.51. The van der Waals surface area contributed by atoms with E-state index in [4.69, 9.17) is 5.11 Å². The predicted octanol–water partition coefficient (Wildman–Crippen LogP) is 0.318. The summed E-state index contributed by atoms with van der Waals surface area (Å²) in [6, 6.07) is 6.70. The van der Waals surface area contributed by atoms with Crippen molar-refractivity contribution in [2.45, 2.75) is 13.5 Å². The van der Waals surface area contributed by atoms with Crippen LogP contribution in [0.3, 0.4) is 0 Å². The highest BCUT2D eigenvalue weighted by Crippen LogP contribution is 2.03. The number of nitrogens with one attached hydrogen (secondary N) is 1. The Kier molecular flexibility index (Phi) is 3.10. The summed E-state index contributed by atoms with van der Waals surface area (Å²) in [7, 11) is 0. The fourth-order valence-corrected chi connectivity index (χ4v) is 1.74. The molecule has 0 radical (unpaired) electrons. The van der Waals surface area contributed by atoms with E-state index in [-0.39, 0.29) is 23.6 Å². The molecule has 0 amide bonds. The molecular formula is C12H14N2O3. The molecule has 90 valence electrons. The Morgan fingerprint density at radius 2 is 1.94 bits per heavy atom. The number of fused-ring (bicyclic) bond motifs is 1. The van der Waals surface area contributed by atoms with E-state index in [0.29, 0.717) is 17.3 Å². The summed E-state index contributed by atoms with van der Waals surface area (Å²) in [4.78, 5) is 23.8. The van der Waals surface area contributed by atoms with Crippen molar-refractivity contribution < 1.29 is 5.11 Å². The van der Waals surface area contributed by atoms with Gasteiger partial charge in [0, 0.05) is 13.2 Å². The van der Waals surface area contributed by atoms with Gasteiger partial charge in [-0.3, -0.25) is 14.7 Å². The van der Waals surface area contributed by atoms with Gasteiger partial charge in [0.2, 0.25) is 0 Å². The lowest BCUT2D eigenvalue weighted by Gasteiger charge is -2.10. The molecule has 0 aliphatic rings. The Labute approximate surface area is 97.3 Å². The maximum absolute atomic E-state index is 12.0. The lowest BCUT2D eigenvalue weighted by atomic mass is 10.2. The molecule has 0 aliphatic carbocycles. The van der Waals surface area contributed by atoms with E-state index in [1.54, 1.807) is 31.2 Å². The number of aliphatic hydroxyl groups is 1. The molecule has 1 aromatic carbocycles. The highest BCUT2D eigenvalue weighted by molar-refractivity contribution is 5.80. The molecule has 0 saturated heterocycles. The van der Waals surface area contributed by atoms with Crippen molar-refractivity contribution in [2.75, 3.05) is 6.61 Å². The van der Waals surface area contributed by atoms with Crippen LogP contribution in [-0.2, 0) is 6.54 Å². The monoisotopic (exact) mass is 234 g/mol. The Bertz CT molecular complexity index is 642. The number of nitrogens with zero attached hydrogens (tertiary/aromatic N) is 1. The van der Waals surface area contributed by atoms with Crippen LogP contribution in [0.5, 0.6) is 0 Å². The Morgan fingerprint density at radius 3 is 2.59 bits per heavy atom. The topological polar surface area (TPSA) is 75.1 Å². The number of aliphatic hydroxyl groups excluding tert-OH is 1. The Morgan fingerprint density at radius 1 is 1.29 bits per heavy atom. The molecule has 17 heavy (non-hydrogen) atoms. The minimum absolute atomic E-state index is 0.0265. The molecule has 0 spiro atoms. The van der Waals surface area contributed by atoms with E-state index in [0.717, 1.165) is 0 Å². The first-order valence-electron chi connectivity index (χ1n) is 5.46. The molecule has 1 heterocycles. The summed E-state index contributed by atoms with van der Waals surface area (Å²) in [5, 5.41) is 12.3. The molecule has 2 N–H and O–H groups in total. The third-order valence-electron chi connectivity index (χ3n) is 2.69. The summed E-state index contributed by atoms with van der Waals surface area (Å²) in [5.74, 6) is -0.0792. The van der Waals surface area contributed by atoms with Gasteiger partial charge in [0.05, 0.1) is 10.8 Å². The molecule has 2 aromatic rings. The smallest absolute Gasteiger partial charge is 0.273 e. The van der Waals surface area contributed by atoms with Crippen LogP contribution >= 0.6 is 0 Å². The zero-order chi connectivity index (χ0) is 12.4. The van der Waals surface area contributed by atoms with Gasteiger partial charge in [-0.15, -0.1) is 0 Å². The molecule has 0 bridgehead atoms. The summed E-state index contributed by atoms with van der Waals surface area (Å²) < 4.78 is 1.26. The number of aromatic amines is 1. The van der Waals surface area contributed by atoms with Crippen molar-refractivity contribution in [1.29, 1.82) is 0 Å². The van der Waals surface area contributed by atoms with E-state index in [1.165, 1.54) is 4.68 Å². The van der Waals surface area contributed by atoms with Crippen molar-refractivity contribution in [3.8, 4) is 0 Å². The second-order valence-corrected chi connectivity index (χ2v) is 4.19. The molecule has 1 atom stereocenters. The Hall–Kier alpha value is -1.88. The van der Waals surface area contributed by atoms with Crippen molar-refractivity contribution in [3.63, 3.8) is 0 Å². The van der Waals surface area contributed by atoms with E-state index < -0.39 is 0 Å². The van der Waals surface area contributed by atoms with Crippen molar-refractivity contribution in [2.24, 2.45) is 5.92 Å². The van der Waals surface area contributed by atoms with Gasteiger partial charge in [-0.25, -0.2) is 4.68 Å². The third kappa shape index (κ3) is 2.14. The summed E-state index contributed by atoms with van der Waals surface area (Å²) in [5.41, 5.74) is -0.522. The molecule has 1 unspecified atom stereocenters. The fourth-order valence-electron chi connectivity index (χ4n) is 1.74. The predicted molar refractivity (Wildman–Crippen MR) is 65.1 cm³/mol. The van der Waals surface area contributed by atoms with E-state index in [2.05, 4.69) is 5.10 Å². The average molecular weight is 234 g/mol.